The Hall–Kier alpha value is -1.00. The molecule has 2 rings (SSSR count). The second-order valence-corrected chi connectivity index (χ2v) is 4.68. The minimum absolute atomic E-state index is 0.270. The van der Waals surface area contributed by atoms with Crippen LogP contribution in [0.4, 0.5) is 8.78 Å². The lowest BCUT2D eigenvalue weighted by Gasteiger charge is -2.28. The van der Waals surface area contributed by atoms with Gasteiger partial charge in [0.25, 0.3) is 0 Å². The number of nitrogens with two attached hydrogens (primary N) is 1. The molecular weight excluding hydrogens is 224 g/mol. The van der Waals surface area contributed by atoms with Crippen LogP contribution in [0.5, 0.6) is 0 Å². The zero-order valence-electron chi connectivity index (χ0n) is 9.93. The predicted molar refractivity (Wildman–Crippen MR) is 61.6 cm³/mol. The van der Waals surface area contributed by atoms with Crippen molar-refractivity contribution in [2.24, 2.45) is 5.73 Å². The lowest BCUT2D eigenvalue weighted by Crippen LogP contribution is -2.38. The van der Waals surface area contributed by atoms with Gasteiger partial charge in [0, 0.05) is 24.3 Å². The summed E-state index contributed by atoms with van der Waals surface area (Å²) < 4.78 is 32.8. The average molecular weight is 241 g/mol. The normalized spacial score (nSPS) is 25.6. The standard InChI is InChI=1S/C13H17F2NO/c1-9-3-4-10(12(15)11(9)14)13(16)5-2-7-17-8-6-13/h3-4H,2,5-8,16H2,1H3. The van der Waals surface area contributed by atoms with Crippen LogP contribution in [0.2, 0.25) is 0 Å². The molecule has 17 heavy (non-hydrogen) atoms. The molecule has 0 spiro atoms. The first kappa shape index (κ1) is 12.5. The first-order valence-electron chi connectivity index (χ1n) is 5.86. The van der Waals surface area contributed by atoms with Crippen molar-refractivity contribution in [3.8, 4) is 0 Å². The Morgan fingerprint density at radius 3 is 2.71 bits per heavy atom. The van der Waals surface area contributed by atoms with E-state index in [1.165, 1.54) is 0 Å². The zero-order valence-corrected chi connectivity index (χ0v) is 9.93. The monoisotopic (exact) mass is 241 g/mol. The maximum Gasteiger partial charge on any atom is 0.164 e. The number of hydrogen-bond donors (Lipinski definition) is 1. The minimum Gasteiger partial charge on any atom is -0.381 e. The van der Waals surface area contributed by atoms with Crippen LogP contribution >= 0.6 is 0 Å². The first-order valence-corrected chi connectivity index (χ1v) is 5.86. The summed E-state index contributed by atoms with van der Waals surface area (Å²) in [6.45, 7) is 2.67. The maximum atomic E-state index is 13.9. The second-order valence-electron chi connectivity index (χ2n) is 4.68. The highest BCUT2D eigenvalue weighted by atomic mass is 19.2. The summed E-state index contributed by atoms with van der Waals surface area (Å²) in [7, 11) is 0. The first-order chi connectivity index (χ1) is 8.04. The maximum absolute atomic E-state index is 13.9. The average Bonchev–Trinajstić information content (AvgIpc) is 2.52. The Bertz CT molecular complexity index is 412. The smallest absolute Gasteiger partial charge is 0.164 e. The van der Waals surface area contributed by atoms with Gasteiger partial charge in [-0.15, -0.1) is 0 Å². The topological polar surface area (TPSA) is 35.2 Å². The van der Waals surface area contributed by atoms with Gasteiger partial charge in [-0.05, 0) is 31.7 Å². The fourth-order valence-corrected chi connectivity index (χ4v) is 2.27. The van der Waals surface area contributed by atoms with Gasteiger partial charge in [0.15, 0.2) is 11.6 Å². The van der Waals surface area contributed by atoms with Gasteiger partial charge in [-0.3, -0.25) is 0 Å². The summed E-state index contributed by atoms with van der Waals surface area (Å²) in [5, 5.41) is 0. The Kier molecular flexibility index (Phi) is 3.45. The van der Waals surface area contributed by atoms with E-state index in [-0.39, 0.29) is 5.56 Å². The molecule has 1 aromatic rings. The highest BCUT2D eigenvalue weighted by Gasteiger charge is 2.32. The van der Waals surface area contributed by atoms with Gasteiger partial charge in [0.2, 0.25) is 0 Å². The third kappa shape index (κ3) is 2.33. The van der Waals surface area contributed by atoms with E-state index in [2.05, 4.69) is 0 Å². The van der Waals surface area contributed by atoms with E-state index < -0.39 is 17.2 Å². The Balaban J connectivity index is 2.41. The Morgan fingerprint density at radius 2 is 1.94 bits per heavy atom. The molecule has 1 aliphatic rings. The number of hydrogen-bond acceptors (Lipinski definition) is 2. The van der Waals surface area contributed by atoms with Gasteiger partial charge in [-0.1, -0.05) is 12.1 Å². The van der Waals surface area contributed by atoms with Crippen molar-refractivity contribution in [1.82, 2.24) is 0 Å². The molecule has 1 aliphatic heterocycles. The zero-order chi connectivity index (χ0) is 12.5. The van der Waals surface area contributed by atoms with Gasteiger partial charge in [-0.2, -0.15) is 0 Å². The molecule has 1 saturated heterocycles. The Labute approximate surface area is 99.8 Å². The van der Waals surface area contributed by atoms with Crippen LogP contribution in [-0.2, 0) is 10.3 Å². The predicted octanol–water partition coefficient (Wildman–Crippen LogP) is 2.63. The van der Waals surface area contributed by atoms with E-state index in [9.17, 15) is 8.78 Å². The van der Waals surface area contributed by atoms with Crippen molar-refractivity contribution in [3.63, 3.8) is 0 Å². The summed E-state index contributed by atoms with van der Waals surface area (Å²) in [6, 6.07) is 3.17. The van der Waals surface area contributed by atoms with E-state index in [1.54, 1.807) is 19.1 Å². The van der Waals surface area contributed by atoms with Gasteiger partial charge in [-0.25, -0.2) is 8.78 Å². The Morgan fingerprint density at radius 1 is 1.18 bits per heavy atom. The van der Waals surface area contributed by atoms with Gasteiger partial charge in [0.1, 0.15) is 0 Å². The molecule has 0 aromatic heterocycles. The largest absolute Gasteiger partial charge is 0.381 e. The van der Waals surface area contributed by atoms with E-state index in [4.69, 9.17) is 10.5 Å². The highest BCUT2D eigenvalue weighted by Crippen LogP contribution is 2.32. The quantitative estimate of drug-likeness (QED) is 0.820. The van der Waals surface area contributed by atoms with Crippen molar-refractivity contribution in [1.29, 1.82) is 0 Å². The van der Waals surface area contributed by atoms with Crippen LogP contribution in [-0.4, -0.2) is 13.2 Å². The summed E-state index contributed by atoms with van der Waals surface area (Å²) in [4.78, 5) is 0. The molecule has 2 nitrogen and oxygen atoms in total. The molecule has 94 valence electrons. The third-order valence-electron chi connectivity index (χ3n) is 3.42. The number of halogens is 2. The van der Waals surface area contributed by atoms with Gasteiger partial charge < -0.3 is 10.5 Å². The van der Waals surface area contributed by atoms with Crippen molar-refractivity contribution >= 4 is 0 Å². The number of rotatable bonds is 1. The fraction of sp³-hybridized carbons (Fsp3) is 0.538. The molecule has 4 heteroatoms. The molecule has 1 fully saturated rings. The molecular formula is C13H17F2NO. The van der Waals surface area contributed by atoms with E-state index in [1.807, 2.05) is 0 Å². The number of benzene rings is 1. The lowest BCUT2D eigenvalue weighted by atomic mass is 9.83. The van der Waals surface area contributed by atoms with Crippen LogP contribution in [0.3, 0.4) is 0 Å². The SMILES string of the molecule is Cc1ccc(C2(N)CCCOCC2)c(F)c1F. The molecule has 0 aliphatic carbocycles. The van der Waals surface area contributed by atoms with Crippen molar-refractivity contribution in [2.75, 3.05) is 13.2 Å². The van der Waals surface area contributed by atoms with E-state index in [0.29, 0.717) is 31.6 Å². The minimum atomic E-state index is -0.811. The van der Waals surface area contributed by atoms with Crippen LogP contribution in [0.1, 0.15) is 30.4 Å². The highest BCUT2D eigenvalue weighted by molar-refractivity contribution is 5.31. The van der Waals surface area contributed by atoms with E-state index in [0.717, 1.165) is 6.42 Å². The molecule has 1 heterocycles. The van der Waals surface area contributed by atoms with Crippen LogP contribution < -0.4 is 5.73 Å². The molecule has 1 aromatic carbocycles. The summed E-state index contributed by atoms with van der Waals surface area (Å²) >= 11 is 0. The fourth-order valence-electron chi connectivity index (χ4n) is 2.27. The molecule has 1 atom stereocenters. The van der Waals surface area contributed by atoms with Crippen molar-refractivity contribution in [2.45, 2.75) is 31.7 Å². The summed E-state index contributed by atoms with van der Waals surface area (Å²) in [6.07, 6.45) is 1.91. The van der Waals surface area contributed by atoms with Crippen molar-refractivity contribution in [3.05, 3.63) is 34.9 Å². The van der Waals surface area contributed by atoms with Crippen LogP contribution in [0.15, 0.2) is 12.1 Å². The van der Waals surface area contributed by atoms with Crippen LogP contribution in [0.25, 0.3) is 0 Å². The molecule has 1 unspecified atom stereocenters. The molecule has 0 radical (unpaired) electrons. The molecule has 2 N–H and O–H groups in total. The second kappa shape index (κ2) is 4.70. The molecule has 0 amide bonds. The van der Waals surface area contributed by atoms with Gasteiger partial charge >= 0.3 is 0 Å². The van der Waals surface area contributed by atoms with Gasteiger partial charge in [0.05, 0.1) is 0 Å². The molecule has 0 saturated carbocycles. The third-order valence-corrected chi connectivity index (χ3v) is 3.42. The summed E-state index contributed by atoms with van der Waals surface area (Å²) in [5.74, 6) is -1.60. The summed E-state index contributed by atoms with van der Waals surface area (Å²) in [5.41, 5.74) is 5.98. The van der Waals surface area contributed by atoms with E-state index >= 15 is 0 Å². The number of aryl methyl sites for hydroxylation is 1. The molecule has 0 bridgehead atoms. The van der Waals surface area contributed by atoms with Crippen molar-refractivity contribution < 1.29 is 13.5 Å². The van der Waals surface area contributed by atoms with Crippen LogP contribution in [0, 0.1) is 18.6 Å². The number of ether oxygens (including phenoxy) is 1. The lowest BCUT2D eigenvalue weighted by molar-refractivity contribution is 0.139.